The molecule has 4 rings (SSSR count). The molecule has 136 valence electrons. The zero-order valence-corrected chi connectivity index (χ0v) is 15.3. The van der Waals surface area contributed by atoms with Crippen LogP contribution in [-0.4, -0.2) is 45.0 Å². The van der Waals surface area contributed by atoms with E-state index in [1.807, 2.05) is 36.0 Å². The van der Waals surface area contributed by atoms with E-state index in [1.165, 1.54) is 5.56 Å². The second-order valence-corrected chi connectivity index (χ2v) is 6.82. The fourth-order valence-corrected chi connectivity index (χ4v) is 3.50. The predicted molar refractivity (Wildman–Crippen MR) is 96.9 cm³/mol. The maximum Gasteiger partial charge on any atom is 0.231 e. The van der Waals surface area contributed by atoms with Crippen molar-refractivity contribution in [2.75, 3.05) is 20.2 Å². The van der Waals surface area contributed by atoms with Crippen molar-refractivity contribution in [2.45, 2.75) is 25.8 Å². The van der Waals surface area contributed by atoms with E-state index in [-0.39, 0.29) is 5.92 Å². The van der Waals surface area contributed by atoms with Gasteiger partial charge in [-0.15, -0.1) is 0 Å². The lowest BCUT2D eigenvalue weighted by atomic mass is 10.1. The van der Waals surface area contributed by atoms with Gasteiger partial charge in [0.05, 0.1) is 18.7 Å². The molecule has 7 nitrogen and oxygen atoms in total. The minimum absolute atomic E-state index is 0.277. The van der Waals surface area contributed by atoms with Gasteiger partial charge in [0.25, 0.3) is 0 Å². The van der Waals surface area contributed by atoms with Crippen molar-refractivity contribution < 1.29 is 9.26 Å². The van der Waals surface area contributed by atoms with Gasteiger partial charge in [-0.3, -0.25) is 9.58 Å². The summed E-state index contributed by atoms with van der Waals surface area (Å²) in [5.41, 5.74) is 3.27. The lowest BCUT2D eigenvalue weighted by Gasteiger charge is -2.14. The van der Waals surface area contributed by atoms with Crippen LogP contribution in [0.25, 0.3) is 11.4 Å². The first-order valence-electron chi connectivity index (χ1n) is 8.82. The molecule has 2 aromatic heterocycles. The van der Waals surface area contributed by atoms with Crippen molar-refractivity contribution in [3.05, 3.63) is 47.6 Å². The molecule has 3 aromatic rings. The largest absolute Gasteiger partial charge is 0.497 e. The Hall–Kier alpha value is -2.67. The van der Waals surface area contributed by atoms with E-state index in [9.17, 15) is 0 Å². The number of benzene rings is 1. The van der Waals surface area contributed by atoms with Gasteiger partial charge < -0.3 is 9.26 Å². The molecule has 1 aliphatic rings. The molecule has 1 fully saturated rings. The quantitative estimate of drug-likeness (QED) is 0.702. The van der Waals surface area contributed by atoms with E-state index in [4.69, 9.17) is 9.26 Å². The van der Waals surface area contributed by atoms with E-state index in [0.717, 1.165) is 43.1 Å². The summed E-state index contributed by atoms with van der Waals surface area (Å²) >= 11 is 0. The molecule has 0 saturated carbocycles. The highest BCUT2D eigenvalue weighted by molar-refractivity contribution is 5.56. The number of methoxy groups -OCH3 is 1. The van der Waals surface area contributed by atoms with Crippen LogP contribution in [0.1, 0.15) is 29.5 Å². The molecular weight excluding hydrogens is 330 g/mol. The molecule has 0 aliphatic carbocycles. The molecule has 0 spiro atoms. The van der Waals surface area contributed by atoms with Crippen LogP contribution in [0.3, 0.4) is 0 Å². The van der Waals surface area contributed by atoms with Gasteiger partial charge in [-0.25, -0.2) is 0 Å². The van der Waals surface area contributed by atoms with Gasteiger partial charge in [-0.05, 0) is 32.0 Å². The third-order valence-electron chi connectivity index (χ3n) is 4.90. The van der Waals surface area contributed by atoms with Gasteiger partial charge in [-0.1, -0.05) is 17.3 Å². The molecule has 0 bridgehead atoms. The summed E-state index contributed by atoms with van der Waals surface area (Å²) < 4.78 is 12.7. The third-order valence-corrected chi connectivity index (χ3v) is 4.90. The van der Waals surface area contributed by atoms with Crippen molar-refractivity contribution in [3.63, 3.8) is 0 Å². The molecule has 26 heavy (non-hydrogen) atoms. The number of nitrogens with zero attached hydrogens (tertiary/aromatic N) is 5. The second-order valence-electron chi connectivity index (χ2n) is 6.82. The summed E-state index contributed by atoms with van der Waals surface area (Å²) in [5, 5.41) is 8.58. The van der Waals surface area contributed by atoms with Gasteiger partial charge in [0.15, 0.2) is 0 Å². The summed E-state index contributed by atoms with van der Waals surface area (Å²) in [7, 11) is 3.61. The molecule has 1 atom stereocenters. The Bertz CT molecular complexity index is 901. The average molecular weight is 353 g/mol. The number of likely N-dealkylation sites (tertiary alicyclic amines) is 1. The lowest BCUT2D eigenvalue weighted by molar-refractivity contribution is 0.308. The Morgan fingerprint density at radius 1 is 1.35 bits per heavy atom. The fraction of sp³-hybridized carbons (Fsp3) is 0.421. The first-order chi connectivity index (χ1) is 12.6. The van der Waals surface area contributed by atoms with E-state index in [2.05, 4.69) is 33.3 Å². The van der Waals surface area contributed by atoms with Crippen LogP contribution in [0.15, 0.2) is 35.0 Å². The summed E-state index contributed by atoms with van der Waals surface area (Å²) in [6.45, 7) is 4.91. The predicted octanol–water partition coefficient (Wildman–Crippen LogP) is 2.78. The minimum Gasteiger partial charge on any atom is -0.497 e. The van der Waals surface area contributed by atoms with Crippen LogP contribution in [0.5, 0.6) is 5.75 Å². The smallest absolute Gasteiger partial charge is 0.231 e. The van der Waals surface area contributed by atoms with E-state index >= 15 is 0 Å². The zero-order valence-electron chi connectivity index (χ0n) is 15.3. The lowest BCUT2D eigenvalue weighted by Crippen LogP contribution is -2.20. The topological polar surface area (TPSA) is 69.2 Å². The van der Waals surface area contributed by atoms with Crippen LogP contribution < -0.4 is 4.74 Å². The summed E-state index contributed by atoms with van der Waals surface area (Å²) in [5.74, 6) is 2.39. The maximum atomic E-state index is 5.56. The van der Waals surface area contributed by atoms with Crippen molar-refractivity contribution in [2.24, 2.45) is 7.05 Å². The van der Waals surface area contributed by atoms with Gasteiger partial charge >= 0.3 is 0 Å². The van der Waals surface area contributed by atoms with Crippen molar-refractivity contribution >= 4 is 0 Å². The Labute approximate surface area is 152 Å². The third kappa shape index (κ3) is 3.35. The van der Waals surface area contributed by atoms with E-state index < -0.39 is 0 Å². The number of hydrogen-bond donors (Lipinski definition) is 0. The Kier molecular flexibility index (Phi) is 4.46. The van der Waals surface area contributed by atoms with Crippen molar-refractivity contribution in [1.82, 2.24) is 24.8 Å². The van der Waals surface area contributed by atoms with Crippen LogP contribution in [0.2, 0.25) is 0 Å². The number of hydrogen-bond acceptors (Lipinski definition) is 6. The first kappa shape index (κ1) is 16.8. The fourth-order valence-electron chi connectivity index (χ4n) is 3.50. The second kappa shape index (κ2) is 6.92. The summed E-state index contributed by atoms with van der Waals surface area (Å²) in [6.07, 6.45) is 3.12. The molecule has 0 radical (unpaired) electrons. The molecule has 0 unspecified atom stereocenters. The SMILES string of the molecule is COc1cccc(-c2noc([C@H]3CCN(Cc4cn(C)nc4C)C3)n2)c1. The molecule has 0 amide bonds. The Morgan fingerprint density at radius 2 is 2.23 bits per heavy atom. The van der Waals surface area contributed by atoms with E-state index in [0.29, 0.717) is 11.7 Å². The van der Waals surface area contributed by atoms with E-state index in [1.54, 1.807) is 7.11 Å². The average Bonchev–Trinajstić information content (AvgIpc) is 3.36. The van der Waals surface area contributed by atoms with Gasteiger partial charge in [0.2, 0.25) is 11.7 Å². The highest BCUT2D eigenvalue weighted by Gasteiger charge is 2.29. The molecule has 0 N–H and O–H groups in total. The van der Waals surface area contributed by atoms with Crippen LogP contribution in [0.4, 0.5) is 0 Å². The molecule has 1 aliphatic heterocycles. The first-order valence-corrected chi connectivity index (χ1v) is 8.82. The summed E-state index contributed by atoms with van der Waals surface area (Å²) in [6, 6.07) is 7.71. The monoisotopic (exact) mass is 353 g/mol. The molecular formula is C19H23N5O2. The highest BCUT2D eigenvalue weighted by atomic mass is 16.5. The maximum absolute atomic E-state index is 5.56. The van der Waals surface area contributed by atoms with Gasteiger partial charge in [0, 0.05) is 37.5 Å². The highest BCUT2D eigenvalue weighted by Crippen LogP contribution is 2.29. The molecule has 1 saturated heterocycles. The molecule has 3 heterocycles. The number of rotatable bonds is 5. The van der Waals surface area contributed by atoms with Gasteiger partial charge in [-0.2, -0.15) is 10.1 Å². The zero-order chi connectivity index (χ0) is 18.1. The van der Waals surface area contributed by atoms with Crippen LogP contribution >= 0.6 is 0 Å². The Morgan fingerprint density at radius 3 is 3.00 bits per heavy atom. The van der Waals surface area contributed by atoms with Crippen molar-refractivity contribution in [1.29, 1.82) is 0 Å². The number of aromatic nitrogens is 4. The number of aryl methyl sites for hydroxylation is 2. The molecule has 1 aromatic carbocycles. The van der Waals surface area contributed by atoms with Gasteiger partial charge in [0.1, 0.15) is 5.75 Å². The minimum atomic E-state index is 0.277. The van der Waals surface area contributed by atoms with Crippen molar-refractivity contribution in [3.8, 4) is 17.1 Å². The van der Waals surface area contributed by atoms with Crippen LogP contribution in [-0.2, 0) is 13.6 Å². The normalized spacial score (nSPS) is 17.7. The van der Waals surface area contributed by atoms with Crippen LogP contribution in [0, 0.1) is 6.92 Å². The molecule has 7 heteroatoms. The Balaban J connectivity index is 1.44. The standard InChI is InChI=1S/C19H23N5O2/c1-13-16(10-23(2)21-13)12-24-8-7-15(11-24)19-20-18(22-26-19)14-5-4-6-17(9-14)25-3/h4-6,9-10,15H,7-8,11-12H2,1-3H3/t15-/m0/s1. The number of ether oxygens (including phenoxy) is 1. The summed E-state index contributed by atoms with van der Waals surface area (Å²) in [4.78, 5) is 7.05.